The monoisotopic (exact) mass is 622 g/mol. The minimum atomic E-state index is -1.28. The van der Waals surface area contributed by atoms with Crippen LogP contribution in [0.3, 0.4) is 0 Å². The number of hydrogen-bond acceptors (Lipinski definition) is 7. The molecule has 2 aromatic carbocycles. The lowest BCUT2D eigenvalue weighted by molar-refractivity contribution is -0.131. The molecule has 2 aromatic heterocycles. The number of para-hydroxylation sites is 1. The lowest BCUT2D eigenvalue weighted by Crippen LogP contribution is -2.34. The quantitative estimate of drug-likeness (QED) is 0.204. The second kappa shape index (κ2) is 12.1. The van der Waals surface area contributed by atoms with Crippen molar-refractivity contribution in [2.24, 2.45) is 0 Å². The van der Waals surface area contributed by atoms with Crippen LogP contribution in [-0.2, 0) is 30.1 Å². The van der Waals surface area contributed by atoms with Crippen molar-refractivity contribution in [3.63, 3.8) is 0 Å². The van der Waals surface area contributed by atoms with E-state index in [-0.39, 0.29) is 5.92 Å². The zero-order chi connectivity index (χ0) is 30.1. The third kappa shape index (κ3) is 6.04. The Hall–Kier alpha value is -3.73. The number of fused-ring (bicyclic) bond motifs is 1. The lowest BCUT2D eigenvalue weighted by Gasteiger charge is -2.32. The molecule has 0 bridgehead atoms. The molecule has 1 saturated heterocycles. The molecule has 43 heavy (non-hydrogen) atoms. The summed E-state index contributed by atoms with van der Waals surface area (Å²) in [5.74, 6) is -0.340. The topological polar surface area (TPSA) is 89.7 Å². The number of carboxylic acid groups (broad SMARTS) is 1. The highest BCUT2D eigenvalue weighted by Gasteiger charge is 2.43. The SMILES string of the molecule is CCc1ncsc1Cn1c(/C=C/C(=O)O)cnc1CN1CCC(c2cccc3c2OC(C)(c2ccc(Cl)cc2F)O3)CC1. The van der Waals surface area contributed by atoms with Gasteiger partial charge in [0.1, 0.15) is 11.6 Å². The maximum atomic E-state index is 14.8. The van der Waals surface area contributed by atoms with E-state index in [2.05, 4.69) is 27.4 Å². The van der Waals surface area contributed by atoms with Crippen molar-refractivity contribution in [1.29, 1.82) is 0 Å². The first kappa shape index (κ1) is 29.3. The summed E-state index contributed by atoms with van der Waals surface area (Å²) in [7, 11) is 0. The first-order valence-corrected chi connectivity index (χ1v) is 15.5. The van der Waals surface area contributed by atoms with E-state index in [1.807, 2.05) is 17.6 Å². The van der Waals surface area contributed by atoms with E-state index < -0.39 is 17.6 Å². The Balaban J connectivity index is 1.17. The van der Waals surface area contributed by atoms with Crippen LogP contribution in [0.1, 0.15) is 65.8 Å². The van der Waals surface area contributed by atoms with Gasteiger partial charge in [0.05, 0.1) is 41.7 Å². The number of aliphatic carboxylic acids is 1. The van der Waals surface area contributed by atoms with Gasteiger partial charge in [0.25, 0.3) is 5.79 Å². The van der Waals surface area contributed by atoms with Crippen molar-refractivity contribution in [2.75, 3.05) is 13.1 Å². The summed E-state index contributed by atoms with van der Waals surface area (Å²) >= 11 is 7.57. The molecule has 2 aliphatic rings. The maximum Gasteiger partial charge on any atom is 0.328 e. The second-order valence-electron chi connectivity index (χ2n) is 10.9. The van der Waals surface area contributed by atoms with Crippen LogP contribution in [0.15, 0.2) is 54.2 Å². The van der Waals surface area contributed by atoms with Gasteiger partial charge in [-0.05, 0) is 68.6 Å². The standard InChI is InChI=1S/C32H32ClFN4O4S/c1-3-26-28(43-19-36-26)17-38-22(8-10-30(39)40)16-35-29(38)18-37-13-11-20(12-14-37)23-5-4-6-27-31(23)42-32(2,41-27)24-9-7-21(33)15-25(24)34/h4-10,15-16,19-20H,3,11-14,17-18H2,1-2H3,(H,39,40)/b10-8+. The fourth-order valence-corrected chi connectivity index (χ4v) is 6.92. The van der Waals surface area contributed by atoms with Crippen molar-refractivity contribution in [3.05, 3.63) is 98.2 Å². The molecule has 0 spiro atoms. The summed E-state index contributed by atoms with van der Waals surface area (Å²) in [6.07, 6.45) is 7.13. The lowest BCUT2D eigenvalue weighted by atomic mass is 9.88. The van der Waals surface area contributed by atoms with Gasteiger partial charge in [0, 0.05) is 28.5 Å². The molecule has 224 valence electrons. The number of carbonyl (C=O) groups is 1. The molecule has 8 nitrogen and oxygen atoms in total. The number of piperidine rings is 1. The third-order valence-corrected chi connectivity index (χ3v) is 9.25. The number of thiazole rings is 1. The van der Waals surface area contributed by atoms with Crippen LogP contribution in [0, 0.1) is 5.82 Å². The predicted molar refractivity (Wildman–Crippen MR) is 163 cm³/mol. The Labute approximate surface area is 258 Å². The van der Waals surface area contributed by atoms with E-state index in [0.29, 0.717) is 35.2 Å². The molecule has 0 saturated carbocycles. The largest absolute Gasteiger partial charge is 0.478 e. The van der Waals surface area contributed by atoms with Crippen LogP contribution in [0.5, 0.6) is 11.5 Å². The van der Waals surface area contributed by atoms with Crippen molar-refractivity contribution >= 4 is 35.0 Å². The molecule has 4 aromatic rings. The van der Waals surface area contributed by atoms with Crippen LogP contribution in [-0.4, -0.2) is 43.6 Å². The van der Waals surface area contributed by atoms with Gasteiger partial charge >= 0.3 is 5.97 Å². The highest BCUT2D eigenvalue weighted by molar-refractivity contribution is 7.09. The highest BCUT2D eigenvalue weighted by atomic mass is 35.5. The van der Waals surface area contributed by atoms with Gasteiger partial charge < -0.3 is 19.1 Å². The molecular formula is C32H32ClFN4O4S. The third-order valence-electron chi connectivity index (χ3n) is 8.15. The first-order valence-electron chi connectivity index (χ1n) is 14.3. The predicted octanol–water partition coefficient (Wildman–Crippen LogP) is 6.86. The van der Waals surface area contributed by atoms with Gasteiger partial charge in [-0.15, -0.1) is 11.3 Å². The van der Waals surface area contributed by atoms with Crippen LogP contribution in [0.2, 0.25) is 5.02 Å². The van der Waals surface area contributed by atoms with Gasteiger partial charge in [-0.2, -0.15) is 0 Å². The van der Waals surface area contributed by atoms with E-state index in [9.17, 15) is 14.3 Å². The Bertz CT molecular complexity index is 1680. The summed E-state index contributed by atoms with van der Waals surface area (Å²) in [5.41, 5.74) is 5.02. The Morgan fingerprint density at radius 3 is 2.77 bits per heavy atom. The van der Waals surface area contributed by atoms with E-state index in [0.717, 1.165) is 66.1 Å². The number of imidazole rings is 1. The summed E-state index contributed by atoms with van der Waals surface area (Å²) in [6, 6.07) is 10.4. The zero-order valence-corrected chi connectivity index (χ0v) is 25.5. The fraction of sp³-hybridized carbons (Fsp3) is 0.344. The molecule has 0 amide bonds. The van der Waals surface area contributed by atoms with Gasteiger partial charge in [0.15, 0.2) is 11.5 Å². The summed E-state index contributed by atoms with van der Waals surface area (Å²) in [5, 5.41) is 9.50. The molecule has 1 unspecified atom stereocenters. The number of ether oxygens (including phenoxy) is 2. The summed E-state index contributed by atoms with van der Waals surface area (Å²) in [6.45, 7) is 6.76. The number of rotatable bonds is 9. The van der Waals surface area contributed by atoms with Crippen LogP contribution in [0.4, 0.5) is 4.39 Å². The first-order chi connectivity index (χ1) is 20.7. The minimum Gasteiger partial charge on any atom is -0.478 e. The van der Waals surface area contributed by atoms with E-state index in [1.54, 1.807) is 42.7 Å². The number of carboxylic acids is 1. The van der Waals surface area contributed by atoms with Gasteiger partial charge in [-0.1, -0.05) is 30.7 Å². The number of likely N-dealkylation sites (tertiary alicyclic amines) is 1. The highest BCUT2D eigenvalue weighted by Crippen LogP contribution is 2.49. The van der Waals surface area contributed by atoms with Gasteiger partial charge in [-0.25, -0.2) is 19.2 Å². The molecule has 1 N–H and O–H groups in total. The zero-order valence-electron chi connectivity index (χ0n) is 23.9. The molecule has 1 atom stereocenters. The van der Waals surface area contributed by atoms with Crippen molar-refractivity contribution < 1.29 is 23.8 Å². The number of hydrogen-bond donors (Lipinski definition) is 1. The Morgan fingerprint density at radius 2 is 2.02 bits per heavy atom. The van der Waals surface area contributed by atoms with Crippen LogP contribution in [0.25, 0.3) is 6.08 Å². The van der Waals surface area contributed by atoms with Crippen LogP contribution >= 0.6 is 22.9 Å². The molecule has 11 heteroatoms. The fourth-order valence-electron chi connectivity index (χ4n) is 5.92. The summed E-state index contributed by atoms with van der Waals surface area (Å²) < 4.78 is 29.4. The summed E-state index contributed by atoms with van der Waals surface area (Å²) in [4.78, 5) is 23.9. The number of aryl methyl sites for hydroxylation is 1. The van der Waals surface area contributed by atoms with Crippen molar-refractivity contribution in [1.82, 2.24) is 19.4 Å². The molecule has 0 radical (unpaired) electrons. The number of aromatic nitrogens is 3. The van der Waals surface area contributed by atoms with E-state index >= 15 is 0 Å². The van der Waals surface area contributed by atoms with Crippen molar-refractivity contribution in [2.45, 2.75) is 57.9 Å². The number of halogens is 2. The Kier molecular flexibility index (Phi) is 8.26. The average Bonchev–Trinajstić information content (AvgIpc) is 3.69. The number of benzene rings is 2. The number of nitrogens with zero attached hydrogens (tertiary/aromatic N) is 4. The van der Waals surface area contributed by atoms with Crippen LogP contribution < -0.4 is 9.47 Å². The van der Waals surface area contributed by atoms with Crippen molar-refractivity contribution in [3.8, 4) is 11.5 Å². The van der Waals surface area contributed by atoms with E-state index in [1.165, 1.54) is 6.07 Å². The molecule has 6 rings (SSSR count). The minimum absolute atomic E-state index is 0.255. The molecule has 2 aliphatic heterocycles. The van der Waals surface area contributed by atoms with E-state index in [4.69, 9.17) is 26.1 Å². The van der Waals surface area contributed by atoms with Gasteiger partial charge in [0.2, 0.25) is 0 Å². The maximum absolute atomic E-state index is 14.8. The average molecular weight is 623 g/mol. The molecule has 1 fully saturated rings. The molecule has 4 heterocycles. The molecular weight excluding hydrogens is 591 g/mol. The van der Waals surface area contributed by atoms with Gasteiger partial charge in [-0.3, -0.25) is 4.90 Å². The smallest absolute Gasteiger partial charge is 0.328 e. The second-order valence-corrected chi connectivity index (χ2v) is 12.3. The normalized spacial score (nSPS) is 19.0. The molecule has 0 aliphatic carbocycles. The Morgan fingerprint density at radius 1 is 1.21 bits per heavy atom.